The van der Waals surface area contributed by atoms with Crippen molar-refractivity contribution in [1.82, 2.24) is 9.29 Å². The fraction of sp³-hybridized carbons (Fsp3) is 0.389. The number of benzene rings is 1. The third kappa shape index (κ3) is 3.09. The predicted molar refractivity (Wildman–Crippen MR) is 92.2 cm³/mol. The minimum absolute atomic E-state index is 0.149. The molecule has 2 aliphatic heterocycles. The first-order chi connectivity index (χ1) is 12.2. The SMILES string of the molecule is O=S(=O)(c1ccc2c(c1)OCCCO2)N1CCCC1c1ccncc1. The van der Waals surface area contributed by atoms with Crippen LogP contribution in [0.25, 0.3) is 0 Å². The molecule has 1 atom stereocenters. The van der Waals surface area contributed by atoms with Crippen LogP contribution in [0, 0.1) is 0 Å². The fourth-order valence-electron chi connectivity index (χ4n) is 3.39. The number of nitrogens with zero attached hydrogens (tertiary/aromatic N) is 2. The molecule has 3 heterocycles. The van der Waals surface area contributed by atoms with Gasteiger partial charge in [0.1, 0.15) is 0 Å². The van der Waals surface area contributed by atoms with E-state index in [1.165, 1.54) is 0 Å². The van der Waals surface area contributed by atoms with Crippen LogP contribution in [0.2, 0.25) is 0 Å². The van der Waals surface area contributed by atoms with Crippen LogP contribution in [0.4, 0.5) is 0 Å². The molecule has 0 spiro atoms. The Morgan fingerprint density at radius 2 is 1.76 bits per heavy atom. The molecule has 25 heavy (non-hydrogen) atoms. The van der Waals surface area contributed by atoms with Crippen molar-refractivity contribution in [2.24, 2.45) is 0 Å². The van der Waals surface area contributed by atoms with Crippen molar-refractivity contribution >= 4 is 10.0 Å². The summed E-state index contributed by atoms with van der Waals surface area (Å²) < 4.78 is 39.2. The fourth-order valence-corrected chi connectivity index (χ4v) is 5.08. The summed E-state index contributed by atoms with van der Waals surface area (Å²) in [5.74, 6) is 1.10. The summed E-state index contributed by atoms with van der Waals surface area (Å²) in [7, 11) is -3.60. The summed E-state index contributed by atoms with van der Waals surface area (Å²) >= 11 is 0. The molecule has 0 bridgehead atoms. The minimum atomic E-state index is -3.60. The normalized spacial score (nSPS) is 21.0. The third-order valence-electron chi connectivity index (χ3n) is 4.62. The Morgan fingerprint density at radius 3 is 2.56 bits per heavy atom. The van der Waals surface area contributed by atoms with Gasteiger partial charge in [-0.15, -0.1) is 0 Å². The molecule has 1 fully saturated rings. The van der Waals surface area contributed by atoms with Crippen LogP contribution in [-0.2, 0) is 10.0 Å². The lowest BCUT2D eigenvalue weighted by molar-refractivity contribution is 0.296. The molecule has 0 aliphatic carbocycles. The van der Waals surface area contributed by atoms with E-state index in [0.29, 0.717) is 31.3 Å². The number of ether oxygens (including phenoxy) is 2. The van der Waals surface area contributed by atoms with Crippen molar-refractivity contribution in [3.05, 3.63) is 48.3 Å². The molecular formula is C18H20N2O4S. The molecule has 0 amide bonds. The first kappa shape index (κ1) is 16.4. The maximum absolute atomic E-state index is 13.2. The molecule has 1 aromatic heterocycles. The third-order valence-corrected chi connectivity index (χ3v) is 6.52. The maximum atomic E-state index is 13.2. The van der Waals surface area contributed by atoms with Gasteiger partial charge in [0.15, 0.2) is 11.5 Å². The van der Waals surface area contributed by atoms with Gasteiger partial charge in [-0.2, -0.15) is 4.31 Å². The Balaban J connectivity index is 1.68. The van der Waals surface area contributed by atoms with Crippen LogP contribution in [0.15, 0.2) is 47.6 Å². The van der Waals surface area contributed by atoms with Crippen molar-refractivity contribution in [2.45, 2.75) is 30.2 Å². The minimum Gasteiger partial charge on any atom is -0.490 e. The Labute approximate surface area is 147 Å². The van der Waals surface area contributed by atoms with Crippen LogP contribution < -0.4 is 9.47 Å². The van der Waals surface area contributed by atoms with E-state index in [9.17, 15) is 8.42 Å². The predicted octanol–water partition coefficient (Wildman–Crippen LogP) is 2.77. The quantitative estimate of drug-likeness (QED) is 0.842. The smallest absolute Gasteiger partial charge is 0.243 e. The lowest BCUT2D eigenvalue weighted by Crippen LogP contribution is -2.30. The number of rotatable bonds is 3. The molecule has 7 heteroatoms. The molecule has 6 nitrogen and oxygen atoms in total. The van der Waals surface area contributed by atoms with Crippen molar-refractivity contribution in [2.75, 3.05) is 19.8 Å². The second-order valence-electron chi connectivity index (χ2n) is 6.21. The van der Waals surface area contributed by atoms with Crippen molar-refractivity contribution in [3.8, 4) is 11.5 Å². The number of aromatic nitrogens is 1. The number of sulfonamides is 1. The van der Waals surface area contributed by atoms with Gasteiger partial charge in [-0.25, -0.2) is 8.42 Å². The standard InChI is InChI=1S/C18H20N2O4S/c21-25(22,15-4-5-17-18(13-15)24-12-2-11-23-17)20-10-1-3-16(20)14-6-8-19-9-7-14/h4-9,13,16H,1-3,10-12H2. The number of hydrogen-bond donors (Lipinski definition) is 0. The Kier molecular flexibility index (Phi) is 4.35. The highest BCUT2D eigenvalue weighted by atomic mass is 32.2. The van der Waals surface area contributed by atoms with Crippen LogP contribution in [0.1, 0.15) is 30.9 Å². The monoisotopic (exact) mass is 360 g/mol. The Morgan fingerprint density at radius 1 is 1.00 bits per heavy atom. The second kappa shape index (κ2) is 6.65. The van der Waals surface area contributed by atoms with E-state index in [0.717, 1.165) is 24.8 Å². The molecular weight excluding hydrogens is 340 g/mol. The molecule has 0 saturated carbocycles. The average molecular weight is 360 g/mol. The van der Waals surface area contributed by atoms with Gasteiger partial charge >= 0.3 is 0 Å². The first-order valence-electron chi connectivity index (χ1n) is 8.48. The van der Waals surface area contributed by atoms with E-state index >= 15 is 0 Å². The van der Waals surface area contributed by atoms with Crippen molar-refractivity contribution in [3.63, 3.8) is 0 Å². The van der Waals surface area contributed by atoms with Crippen molar-refractivity contribution in [1.29, 1.82) is 0 Å². The Bertz CT molecular complexity index is 855. The largest absolute Gasteiger partial charge is 0.490 e. The lowest BCUT2D eigenvalue weighted by Gasteiger charge is -2.24. The van der Waals surface area contributed by atoms with Gasteiger partial charge in [0.05, 0.1) is 24.2 Å². The highest BCUT2D eigenvalue weighted by Crippen LogP contribution is 2.38. The number of fused-ring (bicyclic) bond motifs is 1. The van der Waals surface area contributed by atoms with Crippen LogP contribution >= 0.6 is 0 Å². The summed E-state index contributed by atoms with van der Waals surface area (Å²) in [5, 5.41) is 0. The summed E-state index contributed by atoms with van der Waals surface area (Å²) in [6, 6.07) is 8.48. The van der Waals surface area contributed by atoms with Gasteiger partial charge in [0.2, 0.25) is 10.0 Å². The molecule has 132 valence electrons. The zero-order chi connectivity index (χ0) is 17.3. The van der Waals surface area contributed by atoms with Gasteiger partial charge in [-0.05, 0) is 42.7 Å². The summed E-state index contributed by atoms with van der Waals surface area (Å²) in [6.07, 6.45) is 5.84. The molecule has 0 N–H and O–H groups in total. The van der Waals surface area contributed by atoms with E-state index < -0.39 is 10.0 Å². The van der Waals surface area contributed by atoms with Gasteiger partial charge in [-0.1, -0.05) is 0 Å². The highest BCUT2D eigenvalue weighted by molar-refractivity contribution is 7.89. The van der Waals surface area contributed by atoms with E-state index in [1.54, 1.807) is 34.9 Å². The number of pyridine rings is 1. The zero-order valence-electron chi connectivity index (χ0n) is 13.8. The van der Waals surface area contributed by atoms with Gasteiger partial charge in [0, 0.05) is 31.4 Å². The molecule has 0 radical (unpaired) electrons. The molecule has 2 aliphatic rings. The van der Waals surface area contributed by atoms with Crippen molar-refractivity contribution < 1.29 is 17.9 Å². The Hall–Kier alpha value is -2.12. The van der Waals surface area contributed by atoms with E-state index in [-0.39, 0.29) is 10.9 Å². The molecule has 1 saturated heterocycles. The van der Waals surface area contributed by atoms with Crippen LogP contribution in [0.3, 0.4) is 0 Å². The maximum Gasteiger partial charge on any atom is 0.243 e. The summed E-state index contributed by atoms with van der Waals surface area (Å²) in [6.45, 7) is 1.62. The van der Waals surface area contributed by atoms with Crippen LogP contribution in [-0.4, -0.2) is 37.5 Å². The summed E-state index contributed by atoms with van der Waals surface area (Å²) in [4.78, 5) is 4.27. The van der Waals surface area contributed by atoms with Gasteiger partial charge in [0.25, 0.3) is 0 Å². The topological polar surface area (TPSA) is 68.7 Å². The van der Waals surface area contributed by atoms with Crippen LogP contribution in [0.5, 0.6) is 11.5 Å². The second-order valence-corrected chi connectivity index (χ2v) is 8.10. The van der Waals surface area contributed by atoms with Gasteiger partial charge < -0.3 is 9.47 Å². The van der Waals surface area contributed by atoms with E-state index in [1.807, 2.05) is 12.1 Å². The first-order valence-corrected chi connectivity index (χ1v) is 9.92. The zero-order valence-corrected chi connectivity index (χ0v) is 14.6. The molecule has 1 unspecified atom stereocenters. The van der Waals surface area contributed by atoms with Gasteiger partial charge in [-0.3, -0.25) is 4.98 Å². The highest BCUT2D eigenvalue weighted by Gasteiger charge is 2.36. The number of hydrogen-bond acceptors (Lipinski definition) is 5. The molecule has 2 aromatic rings. The van der Waals surface area contributed by atoms with E-state index in [2.05, 4.69) is 4.98 Å². The summed E-state index contributed by atoms with van der Waals surface area (Å²) in [5.41, 5.74) is 0.977. The molecule has 1 aromatic carbocycles. The lowest BCUT2D eigenvalue weighted by atomic mass is 10.1. The average Bonchev–Trinajstić information content (AvgIpc) is 3.02. The molecule has 4 rings (SSSR count). The van der Waals surface area contributed by atoms with E-state index in [4.69, 9.17) is 9.47 Å².